The van der Waals surface area contributed by atoms with Gasteiger partial charge < -0.3 is 24.9 Å². The molecule has 1 atom stereocenters. The average molecular weight is 508 g/mol. The van der Waals surface area contributed by atoms with Crippen molar-refractivity contribution in [1.82, 2.24) is 10.6 Å². The number of rotatable bonds is 9. The fourth-order valence-electron chi connectivity index (χ4n) is 2.96. The normalized spacial score (nSPS) is 13.3. The molecular weight excluding hydrogens is 466 g/mol. The minimum absolute atomic E-state index is 0.0534. The Morgan fingerprint density at radius 3 is 2.09 bits per heavy atom. The third-order valence-corrected chi connectivity index (χ3v) is 10.2. The number of hydrogen-bond donors (Lipinski definition) is 3. The predicted molar refractivity (Wildman–Crippen MR) is 140 cm³/mol. The Hall–Kier alpha value is -2.88. The molecule has 1 unspecified atom stereocenters. The van der Waals surface area contributed by atoms with Gasteiger partial charge in [-0.25, -0.2) is 9.59 Å². The lowest BCUT2D eigenvalue weighted by Gasteiger charge is -2.36. The van der Waals surface area contributed by atoms with Crippen LogP contribution in [0, 0.1) is 13.8 Å². The van der Waals surface area contributed by atoms with Crippen molar-refractivity contribution >= 4 is 32.6 Å². The molecule has 0 aliphatic carbocycles. The van der Waals surface area contributed by atoms with Crippen LogP contribution in [-0.2, 0) is 20.7 Å². The second-order valence-electron chi connectivity index (χ2n) is 11.2. The number of carboxylic acids is 1. The summed E-state index contributed by atoms with van der Waals surface area (Å²) in [4.78, 5) is 39.2. The van der Waals surface area contributed by atoms with Crippen LogP contribution in [-0.4, -0.2) is 55.9 Å². The number of aryl methyl sites for hydroxylation is 2. The van der Waals surface area contributed by atoms with Crippen LogP contribution in [0.15, 0.2) is 17.1 Å². The van der Waals surface area contributed by atoms with Crippen molar-refractivity contribution in [3.63, 3.8) is 0 Å². The van der Waals surface area contributed by atoms with Crippen LogP contribution in [0.3, 0.4) is 0 Å². The summed E-state index contributed by atoms with van der Waals surface area (Å²) in [7, 11) is -2.01. The lowest BCUT2D eigenvalue weighted by atomic mass is 9.96. The van der Waals surface area contributed by atoms with E-state index < -0.39 is 37.9 Å². The van der Waals surface area contributed by atoms with E-state index in [1.807, 2.05) is 26.0 Å². The Morgan fingerprint density at radius 2 is 1.63 bits per heavy atom. The second-order valence-corrected chi connectivity index (χ2v) is 15.9. The van der Waals surface area contributed by atoms with Gasteiger partial charge in [-0.15, -0.1) is 0 Å². The quantitative estimate of drug-likeness (QED) is 0.258. The molecule has 1 aromatic carbocycles. The van der Waals surface area contributed by atoms with Crippen molar-refractivity contribution in [2.75, 3.05) is 6.54 Å². The van der Waals surface area contributed by atoms with Gasteiger partial charge >= 0.3 is 12.1 Å². The van der Waals surface area contributed by atoms with Gasteiger partial charge in [0.15, 0.2) is 0 Å². The zero-order valence-electron chi connectivity index (χ0n) is 22.7. The van der Waals surface area contributed by atoms with Gasteiger partial charge in [0, 0.05) is 6.42 Å². The van der Waals surface area contributed by atoms with Crippen LogP contribution in [0.1, 0.15) is 58.2 Å². The fourth-order valence-corrected chi connectivity index (χ4v) is 3.97. The van der Waals surface area contributed by atoms with Gasteiger partial charge in [0.1, 0.15) is 17.4 Å². The number of carboxylic acid groups (broad SMARTS) is 1. The third kappa shape index (κ3) is 10.1. The largest absolute Gasteiger partial charge is 0.543 e. The van der Waals surface area contributed by atoms with Gasteiger partial charge in [0.25, 0.3) is 0 Å². The van der Waals surface area contributed by atoms with Crippen LogP contribution >= 0.6 is 0 Å². The maximum atomic E-state index is 12.3. The molecule has 0 saturated heterocycles. The van der Waals surface area contributed by atoms with E-state index in [4.69, 9.17) is 9.16 Å². The van der Waals surface area contributed by atoms with Crippen LogP contribution in [0.5, 0.6) is 5.75 Å². The molecule has 0 saturated carbocycles. The molecule has 196 valence electrons. The summed E-state index contributed by atoms with van der Waals surface area (Å²) in [5.41, 5.74) is 1.98. The lowest BCUT2D eigenvalue weighted by molar-refractivity contribution is -0.141. The number of nitrogens with one attached hydrogen (secondary N) is 2. The highest BCUT2D eigenvalue weighted by molar-refractivity contribution is 6.74. The molecule has 1 rings (SSSR count). The minimum Gasteiger partial charge on any atom is -0.543 e. The first-order valence-electron chi connectivity index (χ1n) is 11.6. The fraction of sp³-hybridized carbons (Fsp3) is 0.600. The average Bonchev–Trinajstić information content (AvgIpc) is 2.64. The topological polar surface area (TPSA) is 126 Å². The maximum absolute atomic E-state index is 12.3. The summed E-state index contributed by atoms with van der Waals surface area (Å²) in [5.74, 6) is -0.901. The van der Waals surface area contributed by atoms with Gasteiger partial charge in [-0.1, -0.05) is 20.8 Å². The summed E-state index contributed by atoms with van der Waals surface area (Å²) < 4.78 is 11.4. The first-order chi connectivity index (χ1) is 15.8. The van der Waals surface area contributed by atoms with E-state index in [1.54, 1.807) is 20.8 Å². The van der Waals surface area contributed by atoms with Crippen molar-refractivity contribution < 1.29 is 28.7 Å². The first-order valence-corrected chi connectivity index (χ1v) is 14.5. The van der Waals surface area contributed by atoms with Crippen LogP contribution in [0.25, 0.3) is 0 Å². The molecule has 0 spiro atoms. The summed E-state index contributed by atoms with van der Waals surface area (Å²) in [6, 6.07) is 2.74. The first kappa shape index (κ1) is 30.1. The molecule has 0 fully saturated rings. The molecule has 0 radical (unpaired) electrons. The van der Waals surface area contributed by atoms with Gasteiger partial charge in [0.2, 0.25) is 14.2 Å². The van der Waals surface area contributed by atoms with Crippen LogP contribution in [0.4, 0.5) is 4.79 Å². The number of aliphatic imine (C=N–C) groups is 1. The smallest absolute Gasteiger partial charge is 0.435 e. The molecule has 0 aliphatic rings. The zero-order chi connectivity index (χ0) is 27.2. The molecule has 0 aliphatic heterocycles. The Balaban J connectivity index is 2.83. The van der Waals surface area contributed by atoms with Gasteiger partial charge in [-0.05, 0) is 81.6 Å². The van der Waals surface area contributed by atoms with E-state index in [2.05, 4.69) is 49.5 Å². The summed E-state index contributed by atoms with van der Waals surface area (Å²) >= 11 is 0. The van der Waals surface area contributed by atoms with Crippen LogP contribution in [0.2, 0.25) is 18.1 Å². The van der Waals surface area contributed by atoms with Crippen molar-refractivity contribution in [3.05, 3.63) is 28.8 Å². The second kappa shape index (κ2) is 11.7. The number of carbonyl (C=O) groups is 3. The number of benzene rings is 1. The van der Waals surface area contributed by atoms with Crippen molar-refractivity contribution in [3.8, 4) is 5.75 Å². The van der Waals surface area contributed by atoms with Gasteiger partial charge in [-0.2, -0.15) is 4.99 Å². The Morgan fingerprint density at radius 1 is 1.09 bits per heavy atom. The number of nitrogens with zero attached hydrogens (tertiary/aromatic N) is 1. The maximum Gasteiger partial charge on any atom is 0.435 e. The Kier molecular flexibility index (Phi) is 10.1. The molecule has 0 bridgehead atoms. The number of amides is 2. The van der Waals surface area contributed by atoms with Crippen molar-refractivity contribution in [1.29, 1.82) is 0 Å². The molecule has 2 amide bonds. The lowest BCUT2D eigenvalue weighted by Crippen LogP contribution is -2.46. The minimum atomic E-state index is -2.01. The monoisotopic (exact) mass is 507 g/mol. The Labute approximate surface area is 209 Å². The van der Waals surface area contributed by atoms with E-state index in [0.717, 1.165) is 28.8 Å². The SMILES string of the molecule is Cc1cc(O[Si](C)(C)C(C)(C)C)cc(C)c1CC(NC(=O)CNC=NC(=O)OC(C)(C)C)C(=O)O. The number of hydrogen-bond acceptors (Lipinski definition) is 5. The number of ether oxygens (including phenoxy) is 1. The Bertz CT molecular complexity index is 938. The van der Waals surface area contributed by atoms with E-state index in [9.17, 15) is 19.5 Å². The van der Waals surface area contributed by atoms with Gasteiger partial charge in [-0.3, -0.25) is 4.79 Å². The highest BCUT2D eigenvalue weighted by atomic mass is 28.4. The van der Waals surface area contributed by atoms with Crippen LogP contribution < -0.4 is 15.1 Å². The van der Waals surface area contributed by atoms with Gasteiger partial charge in [0.05, 0.1) is 12.9 Å². The summed E-state index contributed by atoms with van der Waals surface area (Å²) in [6.45, 7) is 19.6. The summed E-state index contributed by atoms with van der Waals surface area (Å²) in [6.07, 6.45) is 0.394. The third-order valence-electron chi connectivity index (χ3n) is 5.81. The number of carbonyl (C=O) groups excluding carboxylic acids is 2. The van der Waals surface area contributed by atoms with E-state index in [1.165, 1.54) is 0 Å². The van der Waals surface area contributed by atoms with E-state index >= 15 is 0 Å². The predicted octanol–water partition coefficient (Wildman–Crippen LogP) is 4.35. The molecular formula is C25H41N3O6Si. The molecule has 0 heterocycles. The number of aliphatic carboxylic acids is 1. The van der Waals surface area contributed by atoms with Crippen molar-refractivity contribution in [2.45, 2.75) is 91.6 Å². The molecule has 35 heavy (non-hydrogen) atoms. The molecule has 0 aromatic heterocycles. The molecule has 3 N–H and O–H groups in total. The standard InChI is InChI=1S/C25H41N3O6Si/c1-16-11-18(34-35(9,10)25(6,7)8)12-17(2)19(16)13-20(22(30)31)28-21(29)14-26-15-27-23(32)33-24(3,4)5/h11-12,15,20H,13-14H2,1-10H3,(H,28,29)(H,30,31)(H,26,27,32). The van der Waals surface area contributed by atoms with E-state index in [-0.39, 0.29) is 18.0 Å². The molecule has 9 nitrogen and oxygen atoms in total. The molecule has 10 heteroatoms. The van der Waals surface area contributed by atoms with Crippen molar-refractivity contribution in [2.24, 2.45) is 4.99 Å². The summed E-state index contributed by atoms with van der Waals surface area (Å²) in [5, 5.41) is 14.8. The zero-order valence-corrected chi connectivity index (χ0v) is 23.7. The highest BCUT2D eigenvalue weighted by Gasteiger charge is 2.39. The van der Waals surface area contributed by atoms with E-state index in [0.29, 0.717) is 0 Å². The molecule has 1 aromatic rings. The highest BCUT2D eigenvalue weighted by Crippen LogP contribution is 2.38.